The number of hydrazone groups is 1. The van der Waals surface area contributed by atoms with Gasteiger partial charge in [-0.3, -0.25) is 14.5 Å². The van der Waals surface area contributed by atoms with Crippen LogP contribution in [0.25, 0.3) is 0 Å². The lowest BCUT2D eigenvalue weighted by Crippen LogP contribution is -2.51. The van der Waals surface area contributed by atoms with Crippen molar-refractivity contribution in [2.24, 2.45) is 5.10 Å². The SMILES string of the molecule is Cc1ccc(N2N=C(C(=O)N3CCN(Cc4ccc(C)cc4C)CC3)CCC2=O)cc1. The van der Waals surface area contributed by atoms with Crippen molar-refractivity contribution in [3.05, 3.63) is 64.7 Å². The van der Waals surface area contributed by atoms with Gasteiger partial charge in [0.05, 0.1) is 5.69 Å². The molecule has 0 radical (unpaired) electrons. The fourth-order valence-corrected chi connectivity index (χ4v) is 4.15. The lowest BCUT2D eigenvalue weighted by molar-refractivity contribution is -0.126. The van der Waals surface area contributed by atoms with E-state index < -0.39 is 0 Å². The number of rotatable bonds is 4. The minimum Gasteiger partial charge on any atom is -0.335 e. The maximum absolute atomic E-state index is 13.1. The Morgan fingerprint density at radius 1 is 0.903 bits per heavy atom. The molecule has 2 heterocycles. The minimum atomic E-state index is -0.0707. The molecule has 31 heavy (non-hydrogen) atoms. The van der Waals surface area contributed by atoms with E-state index in [9.17, 15) is 9.59 Å². The summed E-state index contributed by atoms with van der Waals surface area (Å²) in [6, 6.07) is 14.2. The van der Waals surface area contributed by atoms with Crippen molar-refractivity contribution in [2.75, 3.05) is 31.2 Å². The van der Waals surface area contributed by atoms with Crippen LogP contribution in [0.15, 0.2) is 47.6 Å². The highest BCUT2D eigenvalue weighted by Crippen LogP contribution is 2.22. The first-order valence-electron chi connectivity index (χ1n) is 11.0. The van der Waals surface area contributed by atoms with Crippen LogP contribution in [0.2, 0.25) is 0 Å². The lowest BCUT2D eigenvalue weighted by atomic mass is 10.0. The van der Waals surface area contributed by atoms with E-state index in [1.807, 2.05) is 36.1 Å². The van der Waals surface area contributed by atoms with E-state index in [1.54, 1.807) is 0 Å². The topological polar surface area (TPSA) is 56.2 Å². The normalized spacial score (nSPS) is 17.6. The van der Waals surface area contributed by atoms with Gasteiger partial charge in [-0.2, -0.15) is 5.10 Å². The van der Waals surface area contributed by atoms with Gasteiger partial charge in [-0.05, 0) is 44.0 Å². The quantitative estimate of drug-likeness (QED) is 0.764. The number of aryl methyl sites for hydroxylation is 3. The summed E-state index contributed by atoms with van der Waals surface area (Å²) in [4.78, 5) is 29.7. The Hall–Kier alpha value is -2.99. The van der Waals surface area contributed by atoms with Crippen molar-refractivity contribution in [1.82, 2.24) is 9.80 Å². The Labute approximate surface area is 184 Å². The van der Waals surface area contributed by atoms with Gasteiger partial charge in [0, 0.05) is 45.6 Å². The summed E-state index contributed by atoms with van der Waals surface area (Å²) in [5.41, 5.74) is 6.24. The van der Waals surface area contributed by atoms with Gasteiger partial charge < -0.3 is 4.90 Å². The molecule has 2 aliphatic rings. The smallest absolute Gasteiger partial charge is 0.270 e. The van der Waals surface area contributed by atoms with Gasteiger partial charge in [-0.25, -0.2) is 5.01 Å². The molecule has 0 bridgehead atoms. The molecule has 4 rings (SSSR count). The molecule has 0 aliphatic carbocycles. The number of piperazine rings is 1. The summed E-state index contributed by atoms with van der Waals surface area (Å²) in [6.45, 7) is 10.2. The van der Waals surface area contributed by atoms with Crippen molar-refractivity contribution in [1.29, 1.82) is 0 Å². The first-order valence-corrected chi connectivity index (χ1v) is 11.0. The van der Waals surface area contributed by atoms with Crippen LogP contribution in [0.4, 0.5) is 5.69 Å². The fraction of sp³-hybridized carbons (Fsp3) is 0.400. The van der Waals surface area contributed by atoms with Crippen LogP contribution < -0.4 is 5.01 Å². The van der Waals surface area contributed by atoms with Gasteiger partial charge in [-0.1, -0.05) is 41.5 Å². The van der Waals surface area contributed by atoms with Crippen LogP contribution in [0.1, 0.15) is 35.1 Å². The zero-order valence-corrected chi connectivity index (χ0v) is 18.6. The van der Waals surface area contributed by atoms with E-state index >= 15 is 0 Å². The zero-order chi connectivity index (χ0) is 22.0. The molecule has 0 spiro atoms. The number of carbonyl (C=O) groups is 2. The maximum atomic E-state index is 13.1. The van der Waals surface area contributed by atoms with Crippen molar-refractivity contribution in [2.45, 2.75) is 40.2 Å². The third-order valence-electron chi connectivity index (χ3n) is 6.11. The maximum Gasteiger partial charge on any atom is 0.270 e. The number of nitrogens with zero attached hydrogens (tertiary/aromatic N) is 4. The molecule has 2 aromatic rings. The lowest BCUT2D eigenvalue weighted by Gasteiger charge is -2.35. The van der Waals surface area contributed by atoms with Gasteiger partial charge in [0.15, 0.2) is 0 Å². The second kappa shape index (κ2) is 9.02. The van der Waals surface area contributed by atoms with Gasteiger partial charge in [0.2, 0.25) is 5.91 Å². The average molecular weight is 419 g/mol. The van der Waals surface area contributed by atoms with E-state index in [0.29, 0.717) is 37.3 Å². The fourth-order valence-electron chi connectivity index (χ4n) is 4.15. The van der Waals surface area contributed by atoms with Crippen LogP contribution in [-0.4, -0.2) is 53.5 Å². The Morgan fingerprint density at radius 3 is 2.26 bits per heavy atom. The Balaban J connectivity index is 1.39. The van der Waals surface area contributed by atoms with Crippen LogP contribution in [0.3, 0.4) is 0 Å². The van der Waals surface area contributed by atoms with Gasteiger partial charge in [-0.15, -0.1) is 0 Å². The molecule has 1 saturated heterocycles. The molecule has 2 amide bonds. The van der Waals surface area contributed by atoms with Crippen LogP contribution >= 0.6 is 0 Å². The molecule has 2 aliphatic heterocycles. The van der Waals surface area contributed by atoms with Crippen LogP contribution in [-0.2, 0) is 16.1 Å². The largest absolute Gasteiger partial charge is 0.335 e. The Bertz CT molecular complexity index is 1000. The Kier molecular flexibility index (Phi) is 6.18. The highest BCUT2D eigenvalue weighted by atomic mass is 16.2. The predicted octanol–water partition coefficient (Wildman–Crippen LogP) is 3.44. The highest BCUT2D eigenvalue weighted by molar-refractivity contribution is 6.40. The van der Waals surface area contributed by atoms with Crippen molar-refractivity contribution >= 4 is 23.2 Å². The van der Waals surface area contributed by atoms with E-state index in [1.165, 1.54) is 21.7 Å². The molecule has 0 N–H and O–H groups in total. The molecule has 2 aromatic carbocycles. The summed E-state index contributed by atoms with van der Waals surface area (Å²) < 4.78 is 0. The summed E-state index contributed by atoms with van der Waals surface area (Å²) in [7, 11) is 0. The second-order valence-corrected chi connectivity index (χ2v) is 8.59. The second-order valence-electron chi connectivity index (χ2n) is 8.59. The molecule has 6 nitrogen and oxygen atoms in total. The highest BCUT2D eigenvalue weighted by Gasteiger charge is 2.30. The molecular formula is C25H30N4O2. The first-order chi connectivity index (χ1) is 14.9. The molecule has 1 fully saturated rings. The van der Waals surface area contributed by atoms with E-state index in [0.717, 1.165) is 25.2 Å². The third-order valence-corrected chi connectivity index (χ3v) is 6.11. The van der Waals surface area contributed by atoms with Crippen molar-refractivity contribution in [3.63, 3.8) is 0 Å². The summed E-state index contributed by atoms with van der Waals surface area (Å²) in [6.07, 6.45) is 0.716. The predicted molar refractivity (Wildman–Crippen MR) is 123 cm³/mol. The number of anilines is 1. The van der Waals surface area contributed by atoms with Gasteiger partial charge in [0.1, 0.15) is 5.71 Å². The monoisotopic (exact) mass is 418 g/mol. The summed E-state index contributed by atoms with van der Waals surface area (Å²) in [5, 5.41) is 5.82. The van der Waals surface area contributed by atoms with E-state index in [2.05, 4.69) is 42.0 Å². The molecule has 0 aromatic heterocycles. The number of carbonyl (C=O) groups excluding carboxylic acids is 2. The van der Waals surface area contributed by atoms with Crippen LogP contribution in [0, 0.1) is 20.8 Å². The average Bonchev–Trinajstić information content (AvgIpc) is 2.77. The van der Waals surface area contributed by atoms with E-state index in [-0.39, 0.29) is 11.8 Å². The summed E-state index contributed by atoms with van der Waals surface area (Å²) >= 11 is 0. The standard InChI is InChI=1S/C25H30N4O2/c1-18-5-8-22(9-6-18)29-24(30)11-10-23(26-29)25(31)28-14-12-27(13-15-28)17-21-7-4-19(2)16-20(21)3/h4-9,16H,10-15,17H2,1-3H3. The number of hydrogen-bond donors (Lipinski definition) is 0. The number of benzene rings is 2. The number of amides is 2. The van der Waals surface area contributed by atoms with Gasteiger partial charge in [0.25, 0.3) is 5.91 Å². The van der Waals surface area contributed by atoms with E-state index in [4.69, 9.17) is 0 Å². The number of hydrogen-bond acceptors (Lipinski definition) is 4. The first kappa shape index (κ1) is 21.2. The molecule has 6 heteroatoms. The third kappa shape index (κ3) is 4.85. The molecule has 0 atom stereocenters. The van der Waals surface area contributed by atoms with Gasteiger partial charge >= 0.3 is 0 Å². The van der Waals surface area contributed by atoms with Crippen LogP contribution in [0.5, 0.6) is 0 Å². The molecule has 162 valence electrons. The minimum absolute atomic E-state index is 0.0456. The Morgan fingerprint density at radius 2 is 1.58 bits per heavy atom. The molecule has 0 saturated carbocycles. The van der Waals surface area contributed by atoms with Crippen molar-refractivity contribution in [3.8, 4) is 0 Å². The zero-order valence-electron chi connectivity index (χ0n) is 18.6. The van der Waals surface area contributed by atoms with Crippen molar-refractivity contribution < 1.29 is 9.59 Å². The molecule has 0 unspecified atom stereocenters. The summed E-state index contributed by atoms with van der Waals surface area (Å²) in [5.74, 6) is -0.116. The molecular weight excluding hydrogens is 388 g/mol.